The highest BCUT2D eigenvalue weighted by atomic mass is 15.2. The third kappa shape index (κ3) is 1.84. The molecule has 1 aliphatic carbocycles. The van der Waals surface area contributed by atoms with Gasteiger partial charge in [0.05, 0.1) is 0 Å². The van der Waals surface area contributed by atoms with Crippen LogP contribution in [0.2, 0.25) is 0 Å². The summed E-state index contributed by atoms with van der Waals surface area (Å²) < 4.78 is 0. The molecular formula is C13H25N. The maximum Gasteiger partial charge on any atom is 0.0121 e. The minimum Gasteiger partial charge on any atom is -0.297 e. The molecule has 1 heteroatoms. The molecule has 0 N–H and O–H groups in total. The van der Waals surface area contributed by atoms with Crippen LogP contribution in [0.15, 0.2) is 0 Å². The molecule has 14 heavy (non-hydrogen) atoms. The Balaban J connectivity index is 2.04. The van der Waals surface area contributed by atoms with E-state index < -0.39 is 0 Å². The lowest BCUT2D eigenvalue weighted by atomic mass is 9.84. The Bertz CT molecular complexity index is 203. The standard InChI is InChI=1S/C13H25N/c1-10(2)12-5-6-13(7-8-13)9-14(12)11(3)4/h10-12H,5-9H2,1-4H3. The van der Waals surface area contributed by atoms with Crippen LogP contribution in [0, 0.1) is 11.3 Å². The summed E-state index contributed by atoms with van der Waals surface area (Å²) in [5.74, 6) is 0.827. The highest BCUT2D eigenvalue weighted by Crippen LogP contribution is 2.54. The highest BCUT2D eigenvalue weighted by Gasteiger charge is 2.48. The molecule has 1 saturated heterocycles. The van der Waals surface area contributed by atoms with Gasteiger partial charge in [-0.15, -0.1) is 0 Å². The van der Waals surface area contributed by atoms with E-state index in [2.05, 4.69) is 32.6 Å². The van der Waals surface area contributed by atoms with Gasteiger partial charge in [-0.1, -0.05) is 13.8 Å². The molecule has 1 heterocycles. The Hall–Kier alpha value is -0.0400. The molecule has 0 aromatic heterocycles. The molecular weight excluding hydrogens is 170 g/mol. The average Bonchev–Trinajstić information content (AvgIpc) is 2.84. The lowest BCUT2D eigenvalue weighted by molar-refractivity contribution is 0.0417. The average molecular weight is 195 g/mol. The van der Waals surface area contributed by atoms with E-state index in [9.17, 15) is 0 Å². The summed E-state index contributed by atoms with van der Waals surface area (Å²) in [4.78, 5) is 2.77. The Morgan fingerprint density at radius 2 is 1.71 bits per heavy atom. The summed E-state index contributed by atoms with van der Waals surface area (Å²) in [6.45, 7) is 10.9. The van der Waals surface area contributed by atoms with Crippen molar-refractivity contribution in [3.63, 3.8) is 0 Å². The molecule has 0 bridgehead atoms. The second-order valence-corrected chi connectivity index (χ2v) is 6.12. The molecule has 0 radical (unpaired) electrons. The number of piperidine rings is 1. The topological polar surface area (TPSA) is 3.24 Å². The van der Waals surface area contributed by atoms with Gasteiger partial charge in [0.25, 0.3) is 0 Å². The lowest BCUT2D eigenvalue weighted by Crippen LogP contribution is -2.50. The first-order valence-corrected chi connectivity index (χ1v) is 6.30. The molecule has 82 valence electrons. The first-order chi connectivity index (χ1) is 6.54. The Morgan fingerprint density at radius 1 is 1.07 bits per heavy atom. The third-order valence-corrected chi connectivity index (χ3v) is 4.30. The normalized spacial score (nSPS) is 31.7. The quantitative estimate of drug-likeness (QED) is 0.653. The maximum atomic E-state index is 2.77. The second-order valence-electron chi connectivity index (χ2n) is 6.12. The molecule has 1 unspecified atom stereocenters. The Labute approximate surface area is 88.9 Å². The Kier molecular flexibility index (Phi) is 2.63. The van der Waals surface area contributed by atoms with Crippen LogP contribution in [0.25, 0.3) is 0 Å². The zero-order valence-electron chi connectivity index (χ0n) is 10.2. The van der Waals surface area contributed by atoms with Crippen LogP contribution >= 0.6 is 0 Å². The van der Waals surface area contributed by atoms with Crippen molar-refractivity contribution in [2.75, 3.05) is 6.54 Å². The van der Waals surface area contributed by atoms with Crippen molar-refractivity contribution in [3.8, 4) is 0 Å². The smallest absolute Gasteiger partial charge is 0.0121 e. The summed E-state index contributed by atoms with van der Waals surface area (Å²) in [7, 11) is 0. The fraction of sp³-hybridized carbons (Fsp3) is 1.00. The van der Waals surface area contributed by atoms with Crippen LogP contribution in [-0.4, -0.2) is 23.5 Å². The van der Waals surface area contributed by atoms with Gasteiger partial charge < -0.3 is 0 Å². The summed E-state index contributed by atoms with van der Waals surface area (Å²) in [5, 5.41) is 0. The van der Waals surface area contributed by atoms with Crippen molar-refractivity contribution in [3.05, 3.63) is 0 Å². The molecule has 1 aliphatic heterocycles. The number of hydrogen-bond acceptors (Lipinski definition) is 1. The van der Waals surface area contributed by atoms with Crippen molar-refractivity contribution in [1.29, 1.82) is 0 Å². The predicted molar refractivity (Wildman–Crippen MR) is 61.4 cm³/mol. The van der Waals surface area contributed by atoms with Crippen LogP contribution in [0.1, 0.15) is 53.4 Å². The minimum atomic E-state index is 0.736. The molecule has 2 rings (SSSR count). The largest absolute Gasteiger partial charge is 0.297 e. The van der Waals surface area contributed by atoms with Gasteiger partial charge in [0, 0.05) is 18.6 Å². The van der Waals surface area contributed by atoms with Crippen molar-refractivity contribution < 1.29 is 0 Å². The summed E-state index contributed by atoms with van der Waals surface area (Å²) in [6, 6.07) is 1.58. The van der Waals surface area contributed by atoms with Crippen LogP contribution in [-0.2, 0) is 0 Å². The van der Waals surface area contributed by atoms with Gasteiger partial charge >= 0.3 is 0 Å². The molecule has 0 amide bonds. The van der Waals surface area contributed by atoms with Gasteiger partial charge in [0.2, 0.25) is 0 Å². The number of rotatable bonds is 2. The summed E-state index contributed by atoms with van der Waals surface area (Å²) in [5.41, 5.74) is 0.773. The molecule has 1 spiro atoms. The third-order valence-electron chi connectivity index (χ3n) is 4.30. The van der Waals surface area contributed by atoms with Crippen molar-refractivity contribution in [2.45, 2.75) is 65.5 Å². The van der Waals surface area contributed by atoms with Gasteiger partial charge in [-0.25, -0.2) is 0 Å². The van der Waals surface area contributed by atoms with Crippen LogP contribution in [0.3, 0.4) is 0 Å². The number of hydrogen-bond donors (Lipinski definition) is 0. The van der Waals surface area contributed by atoms with E-state index in [1.165, 1.54) is 32.2 Å². The molecule has 2 aliphatic rings. The van der Waals surface area contributed by atoms with Gasteiger partial charge in [-0.3, -0.25) is 4.90 Å². The molecule has 0 aromatic rings. The van der Waals surface area contributed by atoms with Crippen LogP contribution in [0.5, 0.6) is 0 Å². The van der Waals surface area contributed by atoms with Crippen molar-refractivity contribution >= 4 is 0 Å². The van der Waals surface area contributed by atoms with Crippen molar-refractivity contribution in [1.82, 2.24) is 4.90 Å². The fourth-order valence-electron chi connectivity index (χ4n) is 3.07. The maximum absolute atomic E-state index is 2.77. The zero-order chi connectivity index (χ0) is 10.3. The van der Waals surface area contributed by atoms with Crippen molar-refractivity contribution in [2.24, 2.45) is 11.3 Å². The first-order valence-electron chi connectivity index (χ1n) is 6.30. The predicted octanol–water partition coefficient (Wildman–Crippen LogP) is 3.30. The van der Waals surface area contributed by atoms with E-state index in [0.29, 0.717) is 0 Å². The van der Waals surface area contributed by atoms with E-state index in [1.54, 1.807) is 0 Å². The minimum absolute atomic E-state index is 0.736. The summed E-state index contributed by atoms with van der Waals surface area (Å²) in [6.07, 6.45) is 5.94. The number of nitrogens with zero attached hydrogens (tertiary/aromatic N) is 1. The zero-order valence-corrected chi connectivity index (χ0v) is 10.2. The van der Waals surface area contributed by atoms with E-state index in [1.807, 2.05) is 0 Å². The number of likely N-dealkylation sites (tertiary alicyclic amines) is 1. The van der Waals surface area contributed by atoms with E-state index in [4.69, 9.17) is 0 Å². The van der Waals surface area contributed by atoms with Crippen LogP contribution in [0.4, 0.5) is 0 Å². The van der Waals surface area contributed by atoms with Gasteiger partial charge in [0.15, 0.2) is 0 Å². The van der Waals surface area contributed by atoms with E-state index >= 15 is 0 Å². The Morgan fingerprint density at radius 3 is 2.14 bits per heavy atom. The van der Waals surface area contributed by atoms with E-state index in [0.717, 1.165) is 23.4 Å². The molecule has 1 atom stereocenters. The van der Waals surface area contributed by atoms with Crippen LogP contribution < -0.4 is 0 Å². The highest BCUT2D eigenvalue weighted by molar-refractivity contribution is 5.01. The SMILES string of the molecule is CC(C)C1CCC2(CC2)CN1C(C)C. The molecule has 0 aromatic carbocycles. The summed E-state index contributed by atoms with van der Waals surface area (Å²) >= 11 is 0. The van der Waals surface area contributed by atoms with Gasteiger partial charge in [-0.2, -0.15) is 0 Å². The van der Waals surface area contributed by atoms with E-state index in [-0.39, 0.29) is 0 Å². The molecule has 2 fully saturated rings. The fourth-order valence-corrected chi connectivity index (χ4v) is 3.07. The molecule has 1 nitrogen and oxygen atoms in total. The lowest BCUT2D eigenvalue weighted by Gasteiger charge is -2.44. The monoisotopic (exact) mass is 195 g/mol. The van der Waals surface area contributed by atoms with Gasteiger partial charge in [0.1, 0.15) is 0 Å². The second kappa shape index (κ2) is 3.52. The molecule has 1 saturated carbocycles. The first kappa shape index (κ1) is 10.5. The van der Waals surface area contributed by atoms with Gasteiger partial charge in [-0.05, 0) is 50.9 Å².